The molecule has 100 valence electrons. The lowest BCUT2D eigenvalue weighted by Crippen LogP contribution is -2.35. The maximum atomic E-state index is 12.0. The Bertz CT molecular complexity index is 393. The number of hydrogen-bond donors (Lipinski definition) is 1. The second kappa shape index (κ2) is 4.96. The third-order valence-electron chi connectivity index (χ3n) is 4.42. The fourth-order valence-electron chi connectivity index (χ4n) is 3.28. The van der Waals surface area contributed by atoms with Gasteiger partial charge >= 0.3 is 0 Å². The predicted octanol–water partition coefficient (Wildman–Crippen LogP) is 2.42. The van der Waals surface area contributed by atoms with E-state index in [0.717, 1.165) is 24.8 Å². The van der Waals surface area contributed by atoms with Crippen molar-refractivity contribution in [2.24, 2.45) is 11.3 Å². The van der Waals surface area contributed by atoms with Gasteiger partial charge in [0.05, 0.1) is 6.10 Å². The zero-order chi connectivity index (χ0) is 13.3. The van der Waals surface area contributed by atoms with Crippen molar-refractivity contribution in [3.05, 3.63) is 11.6 Å². The van der Waals surface area contributed by atoms with E-state index in [2.05, 4.69) is 13.8 Å². The smallest absolute Gasteiger partial charge is 0.161 e. The fraction of sp³-hybridized carbons (Fsp3) is 0.733. The van der Waals surface area contributed by atoms with Crippen LogP contribution in [-0.2, 0) is 9.59 Å². The van der Waals surface area contributed by atoms with Crippen LogP contribution in [0.15, 0.2) is 11.6 Å². The van der Waals surface area contributed by atoms with E-state index in [1.54, 1.807) is 6.08 Å². The predicted molar refractivity (Wildman–Crippen MR) is 69.1 cm³/mol. The maximum Gasteiger partial charge on any atom is 0.161 e. The molecule has 0 aromatic carbocycles. The van der Waals surface area contributed by atoms with Gasteiger partial charge in [-0.05, 0) is 42.7 Å². The van der Waals surface area contributed by atoms with Gasteiger partial charge in [0.1, 0.15) is 5.78 Å². The van der Waals surface area contributed by atoms with Gasteiger partial charge in [0.15, 0.2) is 5.78 Å². The molecule has 2 atom stereocenters. The number of hydrogen-bond acceptors (Lipinski definition) is 3. The third kappa shape index (κ3) is 2.72. The van der Waals surface area contributed by atoms with Gasteiger partial charge < -0.3 is 5.11 Å². The minimum Gasteiger partial charge on any atom is -0.389 e. The molecule has 3 heteroatoms. The molecule has 0 aromatic rings. The molecule has 0 amide bonds. The Morgan fingerprint density at radius 2 is 2.11 bits per heavy atom. The Kier molecular flexibility index (Phi) is 3.71. The van der Waals surface area contributed by atoms with E-state index in [0.29, 0.717) is 18.6 Å². The lowest BCUT2D eigenvalue weighted by molar-refractivity contribution is -0.130. The summed E-state index contributed by atoms with van der Waals surface area (Å²) in [4.78, 5) is 23.6. The van der Waals surface area contributed by atoms with Crippen molar-refractivity contribution in [3.63, 3.8) is 0 Å². The molecule has 0 saturated heterocycles. The average molecular weight is 250 g/mol. The third-order valence-corrected chi connectivity index (χ3v) is 4.42. The van der Waals surface area contributed by atoms with Gasteiger partial charge in [-0.25, -0.2) is 0 Å². The Labute approximate surface area is 108 Å². The van der Waals surface area contributed by atoms with Gasteiger partial charge in [0.2, 0.25) is 0 Å². The molecule has 1 saturated carbocycles. The molecule has 0 aromatic heterocycles. The molecule has 0 bridgehead atoms. The first-order valence-corrected chi connectivity index (χ1v) is 6.85. The van der Waals surface area contributed by atoms with Crippen LogP contribution in [0.2, 0.25) is 0 Å². The number of carbonyl (C=O) groups is 2. The molecule has 18 heavy (non-hydrogen) atoms. The van der Waals surface area contributed by atoms with Crippen LogP contribution in [0, 0.1) is 11.3 Å². The van der Waals surface area contributed by atoms with Crippen LogP contribution in [0.25, 0.3) is 0 Å². The number of aliphatic hydroxyl groups excluding tert-OH is 1. The van der Waals surface area contributed by atoms with Crippen LogP contribution in [0.1, 0.15) is 52.4 Å². The summed E-state index contributed by atoms with van der Waals surface area (Å²) in [5.74, 6) is 0.458. The number of rotatable bonds is 3. The highest BCUT2D eigenvalue weighted by molar-refractivity contribution is 5.98. The van der Waals surface area contributed by atoms with Crippen molar-refractivity contribution in [1.82, 2.24) is 0 Å². The van der Waals surface area contributed by atoms with Gasteiger partial charge in [-0.2, -0.15) is 0 Å². The van der Waals surface area contributed by atoms with Crippen molar-refractivity contribution >= 4 is 11.6 Å². The van der Waals surface area contributed by atoms with Crippen molar-refractivity contribution in [2.75, 3.05) is 0 Å². The van der Waals surface area contributed by atoms with Crippen molar-refractivity contribution in [2.45, 2.75) is 58.5 Å². The van der Waals surface area contributed by atoms with Gasteiger partial charge in [0.25, 0.3) is 0 Å². The highest BCUT2D eigenvalue weighted by atomic mass is 16.3. The van der Waals surface area contributed by atoms with Crippen LogP contribution < -0.4 is 0 Å². The first-order valence-electron chi connectivity index (χ1n) is 6.85. The first-order chi connectivity index (χ1) is 8.40. The summed E-state index contributed by atoms with van der Waals surface area (Å²) in [7, 11) is 0. The molecular formula is C15H22O3. The normalized spacial score (nSPS) is 31.6. The molecule has 2 rings (SSSR count). The molecule has 0 spiro atoms. The van der Waals surface area contributed by atoms with Crippen molar-refractivity contribution < 1.29 is 14.7 Å². The summed E-state index contributed by atoms with van der Waals surface area (Å²) < 4.78 is 0. The molecule has 3 nitrogen and oxygen atoms in total. The van der Waals surface area contributed by atoms with Crippen molar-refractivity contribution in [1.29, 1.82) is 0 Å². The second-order valence-electron chi connectivity index (χ2n) is 6.29. The van der Waals surface area contributed by atoms with Crippen LogP contribution >= 0.6 is 0 Å². The Morgan fingerprint density at radius 3 is 2.67 bits per heavy atom. The van der Waals surface area contributed by atoms with E-state index in [4.69, 9.17) is 0 Å². The summed E-state index contributed by atoms with van der Waals surface area (Å²) in [5.41, 5.74) is 0.771. The average Bonchev–Trinajstić information content (AvgIpc) is 2.56. The monoisotopic (exact) mass is 250 g/mol. The Balaban J connectivity index is 1.98. The zero-order valence-electron chi connectivity index (χ0n) is 11.2. The molecule has 1 fully saturated rings. The minimum absolute atomic E-state index is 0.0450. The van der Waals surface area contributed by atoms with Gasteiger partial charge in [-0.3, -0.25) is 9.59 Å². The van der Waals surface area contributed by atoms with Gasteiger partial charge in [0, 0.05) is 18.8 Å². The van der Waals surface area contributed by atoms with E-state index in [9.17, 15) is 14.7 Å². The summed E-state index contributed by atoms with van der Waals surface area (Å²) in [5, 5.41) is 9.40. The largest absolute Gasteiger partial charge is 0.389 e. The summed E-state index contributed by atoms with van der Waals surface area (Å²) in [6.07, 6.45) is 5.40. The van der Waals surface area contributed by atoms with Crippen LogP contribution in [0.3, 0.4) is 0 Å². The van der Waals surface area contributed by atoms with Gasteiger partial charge in [-0.1, -0.05) is 13.8 Å². The van der Waals surface area contributed by atoms with E-state index in [1.165, 1.54) is 0 Å². The highest BCUT2D eigenvalue weighted by Crippen LogP contribution is 2.41. The molecular weight excluding hydrogens is 228 g/mol. The molecule has 2 unspecified atom stereocenters. The molecule has 0 aliphatic heterocycles. The molecule has 2 aliphatic carbocycles. The summed E-state index contributed by atoms with van der Waals surface area (Å²) >= 11 is 0. The van der Waals surface area contributed by atoms with E-state index in [-0.39, 0.29) is 23.5 Å². The fourth-order valence-corrected chi connectivity index (χ4v) is 3.28. The van der Waals surface area contributed by atoms with E-state index >= 15 is 0 Å². The number of carbonyl (C=O) groups excluding carboxylic acids is 2. The SMILES string of the molecule is CC1(C)CCCC(=O)C1CCC1=CC(O)CC1=O. The molecule has 1 N–H and O–H groups in total. The summed E-state index contributed by atoms with van der Waals surface area (Å²) in [6, 6.07) is 0. The number of allylic oxidation sites excluding steroid dienone is 1. The minimum atomic E-state index is -0.609. The molecule has 0 heterocycles. The quantitative estimate of drug-likeness (QED) is 0.837. The Hall–Kier alpha value is -0.960. The number of ketones is 2. The standard InChI is InChI=1S/C15H22O3/c1-15(2)7-3-4-13(17)12(15)6-5-10-8-11(16)9-14(10)18/h8,11-12,16H,3-7,9H2,1-2H3. The first kappa shape index (κ1) is 13.5. The van der Waals surface area contributed by atoms with Crippen LogP contribution in [0.5, 0.6) is 0 Å². The number of Topliss-reactive ketones (excluding diaryl/α,β-unsaturated/α-hetero) is 2. The van der Waals surface area contributed by atoms with E-state index < -0.39 is 6.10 Å². The zero-order valence-corrected chi connectivity index (χ0v) is 11.2. The maximum absolute atomic E-state index is 12.0. The molecule has 2 aliphatic rings. The van der Waals surface area contributed by atoms with E-state index in [1.807, 2.05) is 0 Å². The van der Waals surface area contributed by atoms with Gasteiger partial charge in [-0.15, -0.1) is 0 Å². The Morgan fingerprint density at radius 1 is 1.39 bits per heavy atom. The molecule has 0 radical (unpaired) electrons. The lowest BCUT2D eigenvalue weighted by atomic mass is 9.66. The lowest BCUT2D eigenvalue weighted by Gasteiger charge is -2.37. The highest BCUT2D eigenvalue weighted by Gasteiger charge is 2.38. The second-order valence-corrected chi connectivity index (χ2v) is 6.29. The topological polar surface area (TPSA) is 54.4 Å². The summed E-state index contributed by atoms with van der Waals surface area (Å²) in [6.45, 7) is 4.29. The number of aliphatic hydroxyl groups is 1. The van der Waals surface area contributed by atoms with Crippen LogP contribution in [0.4, 0.5) is 0 Å². The van der Waals surface area contributed by atoms with Crippen molar-refractivity contribution in [3.8, 4) is 0 Å². The van der Waals surface area contributed by atoms with Crippen LogP contribution in [-0.4, -0.2) is 22.8 Å².